The Balaban J connectivity index is 3.27. The van der Waals surface area contributed by atoms with Crippen molar-refractivity contribution in [2.45, 2.75) is 0 Å². The highest BCUT2D eigenvalue weighted by Gasteiger charge is 2.16. The molecule has 4 N–H and O–H groups in total. The topological polar surface area (TPSA) is 138 Å². The zero-order valence-corrected chi connectivity index (χ0v) is 5.76. The van der Waals surface area contributed by atoms with Gasteiger partial charge in [-0.1, -0.05) is 0 Å². The zero-order chi connectivity index (χ0) is 9.14. The summed E-state index contributed by atoms with van der Waals surface area (Å²) in [7, 11) is 0. The fraction of sp³-hybridized carbons (Fsp3) is 0. The maximum Gasteiger partial charge on any atom is 0.271 e. The Morgan fingerprint density at radius 3 is 1.50 bits per heavy atom. The lowest BCUT2D eigenvalue weighted by Crippen LogP contribution is -2.25. The Hall–Kier alpha value is -2.12. The van der Waals surface area contributed by atoms with Crippen LogP contribution in [-0.2, 0) is 0 Å². The number of rotatable bonds is 2. The molecule has 1 rings (SSSR count). The molecular formula is C4H4N6O2. The SMILES string of the molecule is NC(=O)c1nnnnc1C(N)=O. The van der Waals surface area contributed by atoms with E-state index in [1.54, 1.807) is 0 Å². The number of nitrogens with two attached hydrogens (primary N) is 2. The van der Waals surface area contributed by atoms with Gasteiger partial charge in [0.25, 0.3) is 11.8 Å². The Morgan fingerprint density at radius 2 is 1.25 bits per heavy atom. The summed E-state index contributed by atoms with van der Waals surface area (Å²) in [5.74, 6) is -1.85. The quantitative estimate of drug-likeness (QED) is 0.499. The highest BCUT2D eigenvalue weighted by atomic mass is 16.2. The summed E-state index contributed by atoms with van der Waals surface area (Å²) in [6.07, 6.45) is 0. The van der Waals surface area contributed by atoms with E-state index in [1.165, 1.54) is 0 Å². The van der Waals surface area contributed by atoms with E-state index in [0.29, 0.717) is 0 Å². The summed E-state index contributed by atoms with van der Waals surface area (Å²) in [5, 5.41) is 12.5. The third kappa shape index (κ3) is 1.31. The highest BCUT2D eigenvalue weighted by Crippen LogP contribution is 1.95. The highest BCUT2D eigenvalue weighted by molar-refractivity contribution is 6.02. The summed E-state index contributed by atoms with van der Waals surface area (Å²) < 4.78 is 0. The van der Waals surface area contributed by atoms with Crippen LogP contribution in [0, 0.1) is 0 Å². The molecule has 0 fully saturated rings. The lowest BCUT2D eigenvalue weighted by atomic mass is 10.3. The van der Waals surface area contributed by atoms with Crippen molar-refractivity contribution in [1.29, 1.82) is 0 Å². The van der Waals surface area contributed by atoms with E-state index < -0.39 is 11.8 Å². The van der Waals surface area contributed by atoms with Gasteiger partial charge in [-0.05, 0) is 10.4 Å². The number of aromatic nitrogens is 4. The van der Waals surface area contributed by atoms with Gasteiger partial charge in [0.05, 0.1) is 0 Å². The first kappa shape index (κ1) is 7.98. The average Bonchev–Trinajstić information content (AvgIpc) is 2.04. The average molecular weight is 168 g/mol. The Morgan fingerprint density at radius 1 is 0.917 bits per heavy atom. The first-order valence-corrected chi connectivity index (χ1v) is 2.78. The molecule has 0 aliphatic heterocycles. The van der Waals surface area contributed by atoms with Crippen molar-refractivity contribution in [3.05, 3.63) is 11.4 Å². The van der Waals surface area contributed by atoms with Gasteiger partial charge in [0.2, 0.25) is 0 Å². The smallest absolute Gasteiger partial charge is 0.271 e. The fourth-order valence-electron chi connectivity index (χ4n) is 0.556. The van der Waals surface area contributed by atoms with Gasteiger partial charge in [-0.3, -0.25) is 9.59 Å². The first-order valence-electron chi connectivity index (χ1n) is 2.78. The second kappa shape index (κ2) is 2.86. The van der Waals surface area contributed by atoms with E-state index >= 15 is 0 Å². The van der Waals surface area contributed by atoms with Gasteiger partial charge in [0.15, 0.2) is 11.4 Å². The van der Waals surface area contributed by atoms with Crippen LogP contribution in [0.2, 0.25) is 0 Å². The molecule has 0 spiro atoms. The third-order valence-electron chi connectivity index (χ3n) is 1.02. The van der Waals surface area contributed by atoms with Crippen LogP contribution in [-0.4, -0.2) is 32.4 Å². The molecule has 0 aliphatic rings. The second-order valence-corrected chi connectivity index (χ2v) is 1.80. The van der Waals surface area contributed by atoms with Crippen LogP contribution in [0.25, 0.3) is 0 Å². The minimum Gasteiger partial charge on any atom is -0.364 e. The maximum absolute atomic E-state index is 10.6. The van der Waals surface area contributed by atoms with Crippen LogP contribution in [0.5, 0.6) is 0 Å². The predicted molar refractivity (Wildman–Crippen MR) is 34.7 cm³/mol. The van der Waals surface area contributed by atoms with Gasteiger partial charge >= 0.3 is 0 Å². The van der Waals surface area contributed by atoms with Crippen molar-refractivity contribution in [3.63, 3.8) is 0 Å². The summed E-state index contributed by atoms with van der Waals surface area (Å²) in [6.45, 7) is 0. The number of amides is 2. The second-order valence-electron chi connectivity index (χ2n) is 1.80. The molecule has 0 aromatic carbocycles. The molecule has 0 saturated carbocycles. The minimum absolute atomic E-state index is 0.377. The molecule has 62 valence electrons. The molecule has 12 heavy (non-hydrogen) atoms. The van der Waals surface area contributed by atoms with Crippen LogP contribution in [0.1, 0.15) is 21.0 Å². The number of hydrogen-bond donors (Lipinski definition) is 2. The third-order valence-corrected chi connectivity index (χ3v) is 1.02. The number of primary amides is 2. The zero-order valence-electron chi connectivity index (χ0n) is 5.76. The lowest BCUT2D eigenvalue weighted by Gasteiger charge is -1.95. The van der Waals surface area contributed by atoms with Crippen molar-refractivity contribution in [2.75, 3.05) is 0 Å². The van der Waals surface area contributed by atoms with Gasteiger partial charge in [-0.2, -0.15) is 0 Å². The van der Waals surface area contributed by atoms with Gasteiger partial charge in [0.1, 0.15) is 0 Å². The number of hydrogen-bond acceptors (Lipinski definition) is 6. The lowest BCUT2D eigenvalue weighted by molar-refractivity contribution is 0.0956. The Kier molecular flexibility index (Phi) is 1.90. The van der Waals surface area contributed by atoms with Gasteiger partial charge in [0, 0.05) is 0 Å². The van der Waals surface area contributed by atoms with E-state index in [0.717, 1.165) is 0 Å². The summed E-state index contributed by atoms with van der Waals surface area (Å²) in [4.78, 5) is 21.1. The van der Waals surface area contributed by atoms with E-state index in [2.05, 4.69) is 20.6 Å². The van der Waals surface area contributed by atoms with E-state index in [4.69, 9.17) is 11.5 Å². The molecule has 0 aliphatic carbocycles. The van der Waals surface area contributed by atoms with Gasteiger partial charge < -0.3 is 11.5 Å². The molecular weight excluding hydrogens is 164 g/mol. The first-order chi connectivity index (χ1) is 5.63. The van der Waals surface area contributed by atoms with Crippen molar-refractivity contribution < 1.29 is 9.59 Å². The molecule has 1 heterocycles. The molecule has 1 aromatic heterocycles. The molecule has 2 amide bonds. The van der Waals surface area contributed by atoms with Crippen molar-refractivity contribution in [1.82, 2.24) is 20.6 Å². The monoisotopic (exact) mass is 168 g/mol. The standard InChI is InChI=1S/C4H4N6O2/c5-3(11)1-2(4(6)12)8-10-9-7-1/h(H2,5,11)(H2,6,12). The van der Waals surface area contributed by atoms with E-state index in [-0.39, 0.29) is 11.4 Å². The summed E-state index contributed by atoms with van der Waals surface area (Å²) in [6, 6.07) is 0. The molecule has 0 radical (unpaired) electrons. The summed E-state index contributed by atoms with van der Waals surface area (Å²) >= 11 is 0. The largest absolute Gasteiger partial charge is 0.364 e. The van der Waals surface area contributed by atoms with Crippen LogP contribution >= 0.6 is 0 Å². The van der Waals surface area contributed by atoms with Crippen molar-refractivity contribution in [3.8, 4) is 0 Å². The molecule has 8 heteroatoms. The fourth-order valence-corrected chi connectivity index (χ4v) is 0.556. The molecule has 0 atom stereocenters. The predicted octanol–water partition coefficient (Wildman–Crippen LogP) is -2.54. The summed E-state index contributed by atoms with van der Waals surface area (Å²) in [5.41, 5.74) is 8.92. The number of carbonyl (C=O) groups excluding carboxylic acids is 2. The Labute approximate surface area is 65.9 Å². The van der Waals surface area contributed by atoms with Crippen LogP contribution < -0.4 is 11.5 Å². The molecule has 0 unspecified atom stereocenters. The van der Waals surface area contributed by atoms with Crippen molar-refractivity contribution >= 4 is 11.8 Å². The molecule has 0 saturated heterocycles. The van der Waals surface area contributed by atoms with Gasteiger partial charge in [-0.25, -0.2) is 0 Å². The number of nitrogens with zero attached hydrogens (tertiary/aromatic N) is 4. The number of carbonyl (C=O) groups is 2. The molecule has 0 bridgehead atoms. The van der Waals surface area contributed by atoms with E-state index in [1.807, 2.05) is 0 Å². The normalized spacial score (nSPS) is 9.33. The van der Waals surface area contributed by atoms with Gasteiger partial charge in [-0.15, -0.1) is 10.2 Å². The van der Waals surface area contributed by atoms with Crippen molar-refractivity contribution in [2.24, 2.45) is 11.5 Å². The van der Waals surface area contributed by atoms with Crippen LogP contribution in [0.3, 0.4) is 0 Å². The van der Waals surface area contributed by atoms with Crippen LogP contribution in [0.4, 0.5) is 0 Å². The molecule has 1 aromatic rings. The maximum atomic E-state index is 10.6. The Bertz CT molecular complexity index is 303. The minimum atomic E-state index is -0.925. The molecule has 8 nitrogen and oxygen atoms in total. The van der Waals surface area contributed by atoms with E-state index in [9.17, 15) is 9.59 Å². The van der Waals surface area contributed by atoms with Crippen LogP contribution in [0.15, 0.2) is 0 Å².